The Kier molecular flexibility index (Phi) is 5.07. The van der Waals surface area contributed by atoms with E-state index in [1.54, 1.807) is 13.0 Å². The molecule has 0 aliphatic carbocycles. The molecule has 0 aliphatic rings. The van der Waals surface area contributed by atoms with Crippen LogP contribution in [-0.4, -0.2) is 5.75 Å². The maximum atomic E-state index is 13.6. The van der Waals surface area contributed by atoms with Crippen molar-refractivity contribution in [2.45, 2.75) is 31.7 Å². The largest absolute Gasteiger partial charge is 0.378 e. The average Bonchev–Trinajstić information content (AvgIpc) is 2.44. The van der Waals surface area contributed by atoms with Crippen LogP contribution in [0.4, 0.5) is 10.1 Å². The van der Waals surface area contributed by atoms with Crippen LogP contribution >= 0.6 is 11.8 Å². The van der Waals surface area contributed by atoms with E-state index in [0.29, 0.717) is 5.56 Å². The molecule has 20 heavy (non-hydrogen) atoms. The summed E-state index contributed by atoms with van der Waals surface area (Å²) < 4.78 is 13.6. The van der Waals surface area contributed by atoms with Gasteiger partial charge in [0, 0.05) is 16.6 Å². The lowest BCUT2D eigenvalue weighted by atomic mass is 10.1. The van der Waals surface area contributed by atoms with E-state index in [1.165, 1.54) is 4.90 Å². The van der Waals surface area contributed by atoms with E-state index < -0.39 is 0 Å². The molecular formula is C17H20FNS. The van der Waals surface area contributed by atoms with Crippen molar-refractivity contribution < 1.29 is 4.39 Å². The molecule has 0 amide bonds. The Morgan fingerprint density at radius 2 is 1.95 bits per heavy atom. The van der Waals surface area contributed by atoms with Gasteiger partial charge in [-0.25, -0.2) is 4.39 Å². The van der Waals surface area contributed by atoms with Gasteiger partial charge in [0.15, 0.2) is 0 Å². The van der Waals surface area contributed by atoms with Gasteiger partial charge in [0.1, 0.15) is 5.82 Å². The van der Waals surface area contributed by atoms with E-state index in [9.17, 15) is 4.39 Å². The highest BCUT2D eigenvalue weighted by Gasteiger charge is 2.09. The lowest BCUT2D eigenvalue weighted by Gasteiger charge is -2.18. The van der Waals surface area contributed by atoms with Gasteiger partial charge in [-0.15, -0.1) is 11.8 Å². The monoisotopic (exact) mass is 289 g/mol. The number of thioether (sulfide) groups is 1. The van der Waals surface area contributed by atoms with Crippen LogP contribution in [0.3, 0.4) is 0 Å². The summed E-state index contributed by atoms with van der Waals surface area (Å²) in [6.45, 7) is 5.97. The first-order chi connectivity index (χ1) is 9.61. The van der Waals surface area contributed by atoms with Crippen LogP contribution in [-0.2, 0) is 0 Å². The number of aryl methyl sites for hydroxylation is 1. The molecule has 1 nitrogen and oxygen atoms in total. The van der Waals surface area contributed by atoms with Gasteiger partial charge in [0.25, 0.3) is 0 Å². The Hall–Kier alpha value is -1.48. The molecule has 1 atom stereocenters. The summed E-state index contributed by atoms with van der Waals surface area (Å²) in [5.41, 5.74) is 2.75. The lowest BCUT2D eigenvalue weighted by molar-refractivity contribution is 0.614. The third-order valence-corrected chi connectivity index (χ3v) is 4.21. The van der Waals surface area contributed by atoms with E-state index in [2.05, 4.69) is 31.3 Å². The van der Waals surface area contributed by atoms with Crippen molar-refractivity contribution >= 4 is 17.4 Å². The average molecular weight is 289 g/mol. The second-order valence-corrected chi connectivity index (χ2v) is 6.11. The first-order valence-electron chi connectivity index (χ1n) is 6.86. The molecule has 0 aliphatic heterocycles. The molecule has 2 aromatic carbocycles. The maximum Gasteiger partial charge on any atom is 0.126 e. The highest BCUT2D eigenvalue weighted by Crippen LogP contribution is 2.30. The molecule has 0 radical (unpaired) electrons. The summed E-state index contributed by atoms with van der Waals surface area (Å²) >= 11 is 1.81. The van der Waals surface area contributed by atoms with Crippen molar-refractivity contribution in [2.75, 3.05) is 11.1 Å². The van der Waals surface area contributed by atoms with Crippen LogP contribution in [0.2, 0.25) is 0 Å². The molecule has 0 aromatic heterocycles. The number of hydrogen-bond donors (Lipinski definition) is 1. The maximum absolute atomic E-state index is 13.6. The highest BCUT2D eigenvalue weighted by molar-refractivity contribution is 7.99. The minimum Gasteiger partial charge on any atom is -0.378 e. The molecule has 2 aromatic rings. The van der Waals surface area contributed by atoms with Gasteiger partial charge in [0.2, 0.25) is 0 Å². The first-order valence-corrected chi connectivity index (χ1v) is 7.84. The number of hydrogen-bond acceptors (Lipinski definition) is 2. The molecule has 0 fully saturated rings. The Balaban J connectivity index is 2.18. The molecule has 2 rings (SSSR count). The van der Waals surface area contributed by atoms with Crippen LogP contribution in [0, 0.1) is 12.7 Å². The summed E-state index contributed by atoms with van der Waals surface area (Å²) in [5.74, 6) is 0.888. The topological polar surface area (TPSA) is 12.0 Å². The van der Waals surface area contributed by atoms with Crippen molar-refractivity contribution in [3.05, 3.63) is 59.4 Å². The Morgan fingerprint density at radius 1 is 1.20 bits per heavy atom. The molecular weight excluding hydrogens is 269 g/mol. The van der Waals surface area contributed by atoms with E-state index in [1.807, 2.05) is 36.0 Å². The van der Waals surface area contributed by atoms with Crippen molar-refractivity contribution in [1.29, 1.82) is 0 Å². The SMILES string of the molecule is CCSc1ccccc1NC(C)c1ccc(C)c(F)c1. The second kappa shape index (κ2) is 6.80. The fourth-order valence-electron chi connectivity index (χ4n) is 2.06. The zero-order valence-electron chi connectivity index (χ0n) is 12.1. The third kappa shape index (κ3) is 3.54. The standard InChI is InChI=1S/C17H20FNS/c1-4-20-17-8-6-5-7-16(17)19-13(3)14-10-9-12(2)15(18)11-14/h5-11,13,19H,4H2,1-3H3. The van der Waals surface area contributed by atoms with Gasteiger partial charge >= 0.3 is 0 Å². The Morgan fingerprint density at radius 3 is 2.65 bits per heavy atom. The first kappa shape index (κ1) is 14.9. The summed E-state index contributed by atoms with van der Waals surface area (Å²) in [6.07, 6.45) is 0. The van der Waals surface area contributed by atoms with E-state index in [4.69, 9.17) is 0 Å². The fourth-order valence-corrected chi connectivity index (χ4v) is 2.83. The van der Waals surface area contributed by atoms with Gasteiger partial charge in [-0.1, -0.05) is 31.2 Å². The summed E-state index contributed by atoms with van der Waals surface area (Å²) in [7, 11) is 0. The predicted molar refractivity (Wildman–Crippen MR) is 86.0 cm³/mol. The summed E-state index contributed by atoms with van der Waals surface area (Å²) in [6, 6.07) is 13.7. The number of anilines is 1. The van der Waals surface area contributed by atoms with E-state index in [-0.39, 0.29) is 11.9 Å². The van der Waals surface area contributed by atoms with E-state index >= 15 is 0 Å². The third-order valence-electron chi connectivity index (χ3n) is 3.25. The Labute approximate surface area is 124 Å². The van der Waals surface area contributed by atoms with Gasteiger partial charge < -0.3 is 5.32 Å². The number of para-hydroxylation sites is 1. The van der Waals surface area contributed by atoms with Gasteiger partial charge in [0.05, 0.1) is 0 Å². The molecule has 0 heterocycles. The molecule has 106 valence electrons. The molecule has 0 saturated carbocycles. The highest BCUT2D eigenvalue weighted by atomic mass is 32.2. The normalized spacial score (nSPS) is 12.2. The van der Waals surface area contributed by atoms with Crippen LogP contribution in [0.5, 0.6) is 0 Å². The number of rotatable bonds is 5. The predicted octanol–water partition coefficient (Wildman–Crippen LogP) is 5.42. The zero-order valence-corrected chi connectivity index (χ0v) is 12.9. The van der Waals surface area contributed by atoms with Crippen molar-refractivity contribution in [3.8, 4) is 0 Å². The smallest absolute Gasteiger partial charge is 0.126 e. The summed E-state index contributed by atoms with van der Waals surface area (Å²) in [5, 5.41) is 3.47. The quantitative estimate of drug-likeness (QED) is 0.738. The molecule has 3 heteroatoms. The molecule has 1 N–H and O–H groups in total. The lowest BCUT2D eigenvalue weighted by Crippen LogP contribution is -2.08. The van der Waals surface area contributed by atoms with Crippen molar-refractivity contribution in [3.63, 3.8) is 0 Å². The van der Waals surface area contributed by atoms with Crippen LogP contribution in [0.1, 0.15) is 31.0 Å². The molecule has 1 unspecified atom stereocenters. The van der Waals surface area contributed by atoms with E-state index in [0.717, 1.165) is 17.0 Å². The summed E-state index contributed by atoms with van der Waals surface area (Å²) in [4.78, 5) is 1.23. The Bertz CT molecular complexity index is 583. The fraction of sp³-hybridized carbons (Fsp3) is 0.294. The second-order valence-electron chi connectivity index (χ2n) is 4.80. The molecule has 0 spiro atoms. The number of halogens is 1. The van der Waals surface area contributed by atoms with Crippen molar-refractivity contribution in [2.24, 2.45) is 0 Å². The van der Waals surface area contributed by atoms with Crippen LogP contribution in [0.15, 0.2) is 47.4 Å². The van der Waals surface area contributed by atoms with Crippen molar-refractivity contribution in [1.82, 2.24) is 0 Å². The molecule has 0 bridgehead atoms. The van der Waals surface area contributed by atoms with Gasteiger partial charge in [-0.2, -0.15) is 0 Å². The van der Waals surface area contributed by atoms with Gasteiger partial charge in [-0.3, -0.25) is 0 Å². The van der Waals surface area contributed by atoms with Crippen LogP contribution < -0.4 is 5.32 Å². The van der Waals surface area contributed by atoms with Crippen LogP contribution in [0.25, 0.3) is 0 Å². The molecule has 0 saturated heterocycles. The minimum atomic E-state index is -0.146. The number of nitrogens with one attached hydrogen (secondary N) is 1. The zero-order chi connectivity index (χ0) is 14.5. The number of benzene rings is 2. The minimum absolute atomic E-state index is 0.0729. The van der Waals surface area contributed by atoms with Gasteiger partial charge in [-0.05, 0) is 48.9 Å².